The molecule has 0 aromatic heterocycles. The van der Waals surface area contributed by atoms with Gasteiger partial charge in [-0.05, 0) is 18.9 Å². The number of nitrogens with two attached hydrogens (primary N) is 1. The molecule has 1 heterocycles. The molecule has 1 aliphatic heterocycles. The Morgan fingerprint density at radius 1 is 1.41 bits per heavy atom. The summed E-state index contributed by atoms with van der Waals surface area (Å²) in [5, 5.41) is 11.0. The normalized spacial score (nSPS) is 17.2. The average Bonchev–Trinajstić information content (AvgIpc) is 2.30. The van der Waals surface area contributed by atoms with Crippen LogP contribution in [0.4, 0.5) is 11.4 Å². The summed E-state index contributed by atoms with van der Waals surface area (Å²) in [7, 11) is 0. The molecule has 5 nitrogen and oxygen atoms in total. The van der Waals surface area contributed by atoms with Crippen LogP contribution in [0.5, 0.6) is 0 Å². The highest BCUT2D eigenvalue weighted by Crippen LogP contribution is 2.31. The van der Waals surface area contributed by atoms with Crippen LogP contribution >= 0.6 is 11.6 Å². The first-order valence-electron chi connectivity index (χ1n) is 5.52. The summed E-state index contributed by atoms with van der Waals surface area (Å²) in [4.78, 5) is 12.3. The van der Waals surface area contributed by atoms with E-state index < -0.39 is 4.92 Å². The van der Waals surface area contributed by atoms with Crippen LogP contribution in [-0.2, 0) is 0 Å². The molecule has 1 saturated heterocycles. The fourth-order valence-electron chi connectivity index (χ4n) is 2.01. The van der Waals surface area contributed by atoms with E-state index in [1.54, 1.807) is 6.07 Å². The van der Waals surface area contributed by atoms with E-state index in [1.807, 2.05) is 0 Å². The standard InChI is InChI=1S/C11H14ClN3O2/c12-10-7-9(15(16)17)1-2-11(10)14-5-3-8(13)4-6-14/h1-2,7-8H,3-6,13H2. The van der Waals surface area contributed by atoms with Gasteiger partial charge in [-0.15, -0.1) is 0 Å². The lowest BCUT2D eigenvalue weighted by atomic mass is 10.1. The highest BCUT2D eigenvalue weighted by molar-refractivity contribution is 6.33. The van der Waals surface area contributed by atoms with E-state index in [-0.39, 0.29) is 11.7 Å². The minimum Gasteiger partial charge on any atom is -0.370 e. The Hall–Kier alpha value is -1.33. The van der Waals surface area contributed by atoms with Crippen LogP contribution in [0.25, 0.3) is 0 Å². The van der Waals surface area contributed by atoms with Gasteiger partial charge >= 0.3 is 0 Å². The van der Waals surface area contributed by atoms with Crippen molar-refractivity contribution in [3.05, 3.63) is 33.3 Å². The number of piperidine rings is 1. The van der Waals surface area contributed by atoms with E-state index >= 15 is 0 Å². The molecule has 0 aliphatic carbocycles. The van der Waals surface area contributed by atoms with Crippen LogP contribution in [0, 0.1) is 10.1 Å². The number of rotatable bonds is 2. The molecule has 1 aromatic rings. The number of benzene rings is 1. The van der Waals surface area contributed by atoms with Crippen molar-refractivity contribution >= 4 is 23.0 Å². The first-order chi connectivity index (χ1) is 8.08. The van der Waals surface area contributed by atoms with E-state index in [0.29, 0.717) is 5.02 Å². The molecule has 6 heteroatoms. The molecular formula is C11H14ClN3O2. The van der Waals surface area contributed by atoms with Crippen molar-refractivity contribution in [2.75, 3.05) is 18.0 Å². The maximum atomic E-state index is 10.6. The summed E-state index contributed by atoms with van der Waals surface area (Å²) in [5.74, 6) is 0. The Balaban J connectivity index is 2.19. The minimum absolute atomic E-state index is 0.0208. The van der Waals surface area contributed by atoms with Gasteiger partial charge in [-0.1, -0.05) is 11.6 Å². The van der Waals surface area contributed by atoms with Gasteiger partial charge in [0.25, 0.3) is 5.69 Å². The summed E-state index contributed by atoms with van der Waals surface area (Å²) >= 11 is 6.07. The summed E-state index contributed by atoms with van der Waals surface area (Å²) < 4.78 is 0. The number of nitrogens with zero attached hydrogens (tertiary/aromatic N) is 2. The summed E-state index contributed by atoms with van der Waals surface area (Å²) in [6.07, 6.45) is 1.85. The Labute approximate surface area is 104 Å². The molecule has 1 fully saturated rings. The third-order valence-electron chi connectivity index (χ3n) is 3.02. The quantitative estimate of drug-likeness (QED) is 0.649. The van der Waals surface area contributed by atoms with Crippen LogP contribution in [-0.4, -0.2) is 24.1 Å². The van der Waals surface area contributed by atoms with Crippen LogP contribution < -0.4 is 10.6 Å². The van der Waals surface area contributed by atoms with E-state index in [2.05, 4.69) is 4.90 Å². The molecule has 0 radical (unpaired) electrons. The van der Waals surface area contributed by atoms with Crippen molar-refractivity contribution in [3.8, 4) is 0 Å². The summed E-state index contributed by atoms with van der Waals surface area (Å²) in [6, 6.07) is 4.83. The van der Waals surface area contributed by atoms with Crippen molar-refractivity contribution in [2.24, 2.45) is 5.73 Å². The SMILES string of the molecule is NC1CCN(c2ccc([N+](=O)[O-])cc2Cl)CC1. The zero-order valence-corrected chi connectivity index (χ0v) is 10.1. The fourth-order valence-corrected chi connectivity index (χ4v) is 2.30. The van der Waals surface area contributed by atoms with Gasteiger partial charge < -0.3 is 10.6 Å². The third kappa shape index (κ3) is 2.68. The average molecular weight is 256 g/mol. The molecule has 2 rings (SSSR count). The van der Waals surface area contributed by atoms with Gasteiger partial charge in [0.05, 0.1) is 15.6 Å². The van der Waals surface area contributed by atoms with Crippen LogP contribution in [0.2, 0.25) is 5.02 Å². The molecule has 0 unspecified atom stereocenters. The van der Waals surface area contributed by atoms with E-state index in [0.717, 1.165) is 31.6 Å². The molecule has 1 aliphatic rings. The van der Waals surface area contributed by atoms with Gasteiger partial charge in [-0.3, -0.25) is 10.1 Å². The lowest BCUT2D eigenvalue weighted by Crippen LogP contribution is -2.39. The first kappa shape index (κ1) is 12.1. The largest absolute Gasteiger partial charge is 0.370 e. The van der Waals surface area contributed by atoms with Gasteiger partial charge in [-0.25, -0.2) is 0 Å². The number of nitro groups is 1. The Morgan fingerprint density at radius 2 is 2.06 bits per heavy atom. The van der Waals surface area contributed by atoms with Crippen LogP contribution in [0.1, 0.15) is 12.8 Å². The van der Waals surface area contributed by atoms with Gasteiger partial charge in [-0.2, -0.15) is 0 Å². The zero-order valence-electron chi connectivity index (χ0n) is 9.30. The number of halogens is 1. The molecule has 0 saturated carbocycles. The predicted octanol–water partition coefficient (Wildman–Crippen LogP) is 2.18. The lowest BCUT2D eigenvalue weighted by Gasteiger charge is -2.32. The number of nitro benzene ring substituents is 1. The van der Waals surface area contributed by atoms with Crippen LogP contribution in [0.15, 0.2) is 18.2 Å². The van der Waals surface area contributed by atoms with Crippen molar-refractivity contribution in [2.45, 2.75) is 18.9 Å². The van der Waals surface area contributed by atoms with Crippen molar-refractivity contribution in [1.82, 2.24) is 0 Å². The van der Waals surface area contributed by atoms with Gasteiger partial charge in [0.15, 0.2) is 0 Å². The summed E-state index contributed by atoms with van der Waals surface area (Å²) in [6.45, 7) is 1.69. The molecular weight excluding hydrogens is 242 g/mol. The lowest BCUT2D eigenvalue weighted by molar-refractivity contribution is -0.384. The predicted molar refractivity (Wildman–Crippen MR) is 67.5 cm³/mol. The molecule has 0 spiro atoms. The van der Waals surface area contributed by atoms with Crippen molar-refractivity contribution < 1.29 is 4.92 Å². The molecule has 2 N–H and O–H groups in total. The zero-order chi connectivity index (χ0) is 12.4. The second kappa shape index (κ2) is 4.89. The summed E-state index contributed by atoms with van der Waals surface area (Å²) in [5.41, 5.74) is 6.70. The minimum atomic E-state index is -0.443. The molecule has 1 aromatic carbocycles. The number of anilines is 1. The Kier molecular flexibility index (Phi) is 3.49. The number of non-ortho nitro benzene ring substituents is 1. The van der Waals surface area contributed by atoms with E-state index in [1.165, 1.54) is 12.1 Å². The monoisotopic (exact) mass is 255 g/mol. The Bertz CT molecular complexity index is 431. The van der Waals surface area contributed by atoms with Crippen molar-refractivity contribution in [1.29, 1.82) is 0 Å². The van der Waals surface area contributed by atoms with E-state index in [9.17, 15) is 10.1 Å². The van der Waals surface area contributed by atoms with Gasteiger partial charge in [0, 0.05) is 31.3 Å². The van der Waals surface area contributed by atoms with Gasteiger partial charge in [0.1, 0.15) is 0 Å². The number of hydrogen-bond acceptors (Lipinski definition) is 4. The molecule has 0 bridgehead atoms. The topological polar surface area (TPSA) is 72.4 Å². The second-order valence-electron chi connectivity index (χ2n) is 4.22. The smallest absolute Gasteiger partial charge is 0.271 e. The van der Waals surface area contributed by atoms with Gasteiger partial charge in [0.2, 0.25) is 0 Å². The molecule has 17 heavy (non-hydrogen) atoms. The molecule has 0 amide bonds. The third-order valence-corrected chi connectivity index (χ3v) is 3.33. The Morgan fingerprint density at radius 3 is 2.59 bits per heavy atom. The second-order valence-corrected chi connectivity index (χ2v) is 4.62. The first-order valence-corrected chi connectivity index (χ1v) is 5.90. The highest BCUT2D eigenvalue weighted by Gasteiger charge is 2.19. The molecule has 0 atom stereocenters. The fraction of sp³-hybridized carbons (Fsp3) is 0.455. The van der Waals surface area contributed by atoms with Crippen LogP contribution in [0.3, 0.4) is 0 Å². The number of hydrogen-bond donors (Lipinski definition) is 1. The highest BCUT2D eigenvalue weighted by atomic mass is 35.5. The maximum absolute atomic E-state index is 10.6. The maximum Gasteiger partial charge on any atom is 0.271 e. The van der Waals surface area contributed by atoms with E-state index in [4.69, 9.17) is 17.3 Å². The van der Waals surface area contributed by atoms with Crippen molar-refractivity contribution in [3.63, 3.8) is 0 Å². The molecule has 92 valence electrons.